The summed E-state index contributed by atoms with van der Waals surface area (Å²) in [6.45, 7) is 0. The number of hydrogen-bond donors (Lipinski definition) is 2. The van der Waals surface area contributed by atoms with Crippen LogP contribution in [0.4, 0.5) is 4.79 Å². The summed E-state index contributed by atoms with van der Waals surface area (Å²) >= 11 is 0. The van der Waals surface area contributed by atoms with Gasteiger partial charge in [0.2, 0.25) is 0 Å². The Balaban J connectivity index is 4.31. The van der Waals surface area contributed by atoms with Gasteiger partial charge in [0, 0.05) is 14.1 Å². The molecule has 0 aromatic heterocycles. The van der Waals surface area contributed by atoms with Gasteiger partial charge in [-0.15, -0.1) is 0 Å². The van der Waals surface area contributed by atoms with Gasteiger partial charge < -0.3 is 5.73 Å². The normalized spacial score (nSPS) is 11.5. The Morgan fingerprint density at radius 2 is 1.90 bits per heavy atom. The molecule has 0 aliphatic heterocycles. The fourth-order valence-electron chi connectivity index (χ4n) is 0.218. The average molecular weight is 167 g/mol. The van der Waals surface area contributed by atoms with Crippen LogP contribution in [0.1, 0.15) is 0 Å². The molecule has 0 aromatic rings. The molecule has 0 unspecified atom stereocenters. The number of amides is 2. The molecule has 0 fully saturated rings. The first-order chi connectivity index (χ1) is 4.36. The second-order valence-electron chi connectivity index (χ2n) is 1.75. The van der Waals surface area contributed by atoms with Crippen LogP contribution in [0, 0.1) is 0 Å². The molecule has 60 valence electrons. The van der Waals surface area contributed by atoms with E-state index in [1.807, 2.05) is 0 Å². The van der Waals surface area contributed by atoms with Gasteiger partial charge in [-0.25, -0.2) is 9.52 Å². The van der Waals surface area contributed by atoms with Gasteiger partial charge in [0.15, 0.2) is 0 Å². The molecule has 0 saturated heterocycles. The van der Waals surface area contributed by atoms with Gasteiger partial charge in [0.05, 0.1) is 0 Å². The smallest absolute Gasteiger partial charge is 0.326 e. The summed E-state index contributed by atoms with van der Waals surface area (Å²) in [6, 6.07) is -1.09. The van der Waals surface area contributed by atoms with Crippen molar-refractivity contribution < 1.29 is 13.2 Å². The van der Waals surface area contributed by atoms with Crippen molar-refractivity contribution in [3.8, 4) is 0 Å². The molecule has 0 rings (SSSR count). The third-order valence-electron chi connectivity index (χ3n) is 0.710. The number of nitrogens with zero attached hydrogens (tertiary/aromatic N) is 1. The zero-order valence-corrected chi connectivity index (χ0v) is 6.47. The molecule has 6 nitrogen and oxygen atoms in total. The van der Waals surface area contributed by atoms with Crippen molar-refractivity contribution >= 4 is 16.2 Å². The van der Waals surface area contributed by atoms with E-state index in [-0.39, 0.29) is 0 Å². The van der Waals surface area contributed by atoms with E-state index in [1.54, 1.807) is 4.72 Å². The summed E-state index contributed by atoms with van der Waals surface area (Å²) in [6.07, 6.45) is 0. The van der Waals surface area contributed by atoms with Crippen LogP contribution in [0.3, 0.4) is 0 Å². The molecule has 0 aromatic carbocycles. The second-order valence-corrected chi connectivity index (χ2v) is 3.64. The standard InChI is InChI=1S/C3H9N3O3S/c1-6(2)10(8,9)5-3(4)7/h1-2H3,(H3,4,5,7). The fourth-order valence-corrected chi connectivity index (χ4v) is 0.655. The molecular weight excluding hydrogens is 158 g/mol. The van der Waals surface area contributed by atoms with Crippen molar-refractivity contribution in [3.05, 3.63) is 0 Å². The van der Waals surface area contributed by atoms with E-state index in [0.29, 0.717) is 0 Å². The Labute approximate surface area is 59.2 Å². The van der Waals surface area contributed by atoms with Gasteiger partial charge in [-0.3, -0.25) is 0 Å². The number of nitrogens with two attached hydrogens (primary N) is 1. The first-order valence-corrected chi connectivity index (χ1v) is 3.80. The van der Waals surface area contributed by atoms with Crippen molar-refractivity contribution in [2.24, 2.45) is 5.73 Å². The molecule has 7 heteroatoms. The number of primary amides is 1. The van der Waals surface area contributed by atoms with Crippen molar-refractivity contribution in [3.63, 3.8) is 0 Å². The molecule has 0 atom stereocenters. The SMILES string of the molecule is CN(C)S(=O)(=O)NC(N)=O. The maximum Gasteiger partial charge on any atom is 0.326 e. The van der Waals surface area contributed by atoms with Crippen LogP contribution in [-0.2, 0) is 10.2 Å². The number of carbonyl (C=O) groups is 1. The van der Waals surface area contributed by atoms with Gasteiger partial charge in [-0.1, -0.05) is 0 Å². The number of rotatable bonds is 2. The summed E-state index contributed by atoms with van der Waals surface area (Å²) in [5.74, 6) is 0. The van der Waals surface area contributed by atoms with Crippen molar-refractivity contribution in [1.82, 2.24) is 9.03 Å². The van der Waals surface area contributed by atoms with E-state index in [1.165, 1.54) is 14.1 Å². The molecule has 2 amide bonds. The maximum absolute atomic E-state index is 10.7. The molecule has 3 N–H and O–H groups in total. The third kappa shape index (κ3) is 2.65. The number of carbonyl (C=O) groups excluding carboxylic acids is 1. The highest BCUT2D eigenvalue weighted by molar-refractivity contribution is 7.87. The van der Waals surface area contributed by atoms with Crippen molar-refractivity contribution in [1.29, 1.82) is 0 Å². The van der Waals surface area contributed by atoms with Crippen LogP contribution in [-0.4, -0.2) is 32.8 Å². The topological polar surface area (TPSA) is 92.5 Å². The molecule has 0 saturated carbocycles. The lowest BCUT2D eigenvalue weighted by Gasteiger charge is -2.09. The Hall–Kier alpha value is -0.820. The Bertz CT molecular complexity index is 219. The van der Waals surface area contributed by atoms with Crippen molar-refractivity contribution in [2.45, 2.75) is 0 Å². The minimum atomic E-state index is -3.69. The van der Waals surface area contributed by atoms with E-state index in [4.69, 9.17) is 0 Å². The molecule has 0 aliphatic carbocycles. The highest BCUT2D eigenvalue weighted by Crippen LogP contribution is 1.85. The minimum absolute atomic E-state index is 0.845. The lowest BCUT2D eigenvalue weighted by atomic mass is 11.2. The molecular formula is C3H9N3O3S. The van der Waals surface area contributed by atoms with Crippen LogP contribution in [0.25, 0.3) is 0 Å². The first kappa shape index (κ1) is 9.18. The summed E-state index contributed by atoms with van der Waals surface area (Å²) in [7, 11) is -1.12. The van der Waals surface area contributed by atoms with Crippen LogP contribution < -0.4 is 10.5 Å². The second kappa shape index (κ2) is 2.84. The zero-order chi connectivity index (χ0) is 8.36. The lowest BCUT2D eigenvalue weighted by Crippen LogP contribution is -2.42. The van der Waals surface area contributed by atoms with Gasteiger partial charge in [0.25, 0.3) is 0 Å². The Kier molecular flexibility index (Phi) is 2.61. The van der Waals surface area contributed by atoms with Crippen LogP contribution in [0.5, 0.6) is 0 Å². The lowest BCUT2D eigenvalue weighted by molar-refractivity contribution is 0.253. The van der Waals surface area contributed by atoms with E-state index in [9.17, 15) is 13.2 Å². The summed E-state index contributed by atoms with van der Waals surface area (Å²) in [5, 5.41) is 0. The average Bonchev–Trinajstić information content (AvgIpc) is 1.60. The van der Waals surface area contributed by atoms with Gasteiger partial charge >= 0.3 is 16.2 Å². The maximum atomic E-state index is 10.7. The van der Waals surface area contributed by atoms with Crippen LogP contribution in [0.2, 0.25) is 0 Å². The van der Waals surface area contributed by atoms with Crippen LogP contribution in [0.15, 0.2) is 0 Å². The van der Waals surface area contributed by atoms with E-state index < -0.39 is 16.2 Å². The Morgan fingerprint density at radius 1 is 1.50 bits per heavy atom. The molecule has 0 heterocycles. The number of hydrogen-bond acceptors (Lipinski definition) is 3. The number of nitrogens with one attached hydrogen (secondary N) is 1. The minimum Gasteiger partial charge on any atom is -0.351 e. The van der Waals surface area contributed by atoms with E-state index in [0.717, 1.165) is 4.31 Å². The van der Waals surface area contributed by atoms with Gasteiger partial charge in [-0.05, 0) is 0 Å². The summed E-state index contributed by atoms with van der Waals surface area (Å²) < 4.78 is 23.7. The highest BCUT2D eigenvalue weighted by Gasteiger charge is 2.13. The van der Waals surface area contributed by atoms with E-state index >= 15 is 0 Å². The van der Waals surface area contributed by atoms with E-state index in [2.05, 4.69) is 5.73 Å². The Morgan fingerprint density at radius 3 is 2.00 bits per heavy atom. The quantitative estimate of drug-likeness (QED) is 0.522. The fraction of sp³-hybridized carbons (Fsp3) is 0.667. The zero-order valence-electron chi connectivity index (χ0n) is 5.66. The summed E-state index contributed by atoms with van der Waals surface area (Å²) in [4.78, 5) is 10.0. The largest absolute Gasteiger partial charge is 0.351 e. The van der Waals surface area contributed by atoms with Gasteiger partial charge in [-0.2, -0.15) is 12.7 Å². The molecule has 0 bridgehead atoms. The highest BCUT2D eigenvalue weighted by atomic mass is 32.2. The molecule has 0 spiro atoms. The third-order valence-corrected chi connectivity index (χ3v) is 2.13. The monoisotopic (exact) mass is 167 g/mol. The molecule has 10 heavy (non-hydrogen) atoms. The van der Waals surface area contributed by atoms with Crippen molar-refractivity contribution in [2.75, 3.05) is 14.1 Å². The predicted molar refractivity (Wildman–Crippen MR) is 35.3 cm³/mol. The predicted octanol–water partition coefficient (Wildman–Crippen LogP) is -1.54. The molecule has 0 aliphatic rings. The first-order valence-electron chi connectivity index (χ1n) is 2.36. The summed E-state index contributed by atoms with van der Waals surface area (Å²) in [5.41, 5.74) is 4.56. The van der Waals surface area contributed by atoms with Gasteiger partial charge in [0.1, 0.15) is 0 Å². The molecule has 0 radical (unpaired) electrons. The number of urea groups is 1. The van der Waals surface area contributed by atoms with Crippen LogP contribution >= 0.6 is 0 Å².